The molecular weight excluding hydrogens is 398 g/mol. The summed E-state index contributed by atoms with van der Waals surface area (Å²) < 4.78 is 1.74. The number of hydrogen-bond donors (Lipinski definition) is 0. The summed E-state index contributed by atoms with van der Waals surface area (Å²) in [4.78, 5) is 20.6. The largest absolute Gasteiger partial charge is 0.268 e. The second-order valence-electron chi connectivity index (χ2n) is 7.01. The van der Waals surface area contributed by atoms with Crippen molar-refractivity contribution < 1.29 is 0 Å². The van der Waals surface area contributed by atoms with E-state index in [1.165, 1.54) is 22.2 Å². The van der Waals surface area contributed by atoms with Crippen LogP contribution in [0.5, 0.6) is 0 Å². The third-order valence-electron chi connectivity index (χ3n) is 5.15. The molecule has 0 fully saturated rings. The molecule has 4 nitrogen and oxygen atoms in total. The van der Waals surface area contributed by atoms with Crippen molar-refractivity contribution in [2.45, 2.75) is 30.2 Å². The van der Waals surface area contributed by atoms with Crippen molar-refractivity contribution in [1.29, 1.82) is 5.26 Å². The second kappa shape index (κ2) is 7.51. The summed E-state index contributed by atoms with van der Waals surface area (Å²) in [6, 6.07) is 19.5. The van der Waals surface area contributed by atoms with E-state index in [2.05, 4.69) is 6.07 Å². The van der Waals surface area contributed by atoms with Gasteiger partial charge >= 0.3 is 0 Å². The summed E-state index contributed by atoms with van der Waals surface area (Å²) in [7, 11) is 0. The topological polar surface area (TPSA) is 58.7 Å². The molecule has 0 saturated heterocycles. The standard InChI is InChI=1S/C23H17N3OS2/c24-13-15-6-4-7-16(12-15)14-28-23-25-21-20(18-10-5-11-19(18)29-21)22(27)26(23)17-8-2-1-3-9-17/h1-4,6-9,12H,5,10-11,14H2. The van der Waals surface area contributed by atoms with Gasteiger partial charge in [-0.3, -0.25) is 9.36 Å². The lowest BCUT2D eigenvalue weighted by Crippen LogP contribution is -2.21. The summed E-state index contributed by atoms with van der Waals surface area (Å²) in [6.45, 7) is 0. The van der Waals surface area contributed by atoms with Crippen LogP contribution in [0.25, 0.3) is 15.9 Å². The van der Waals surface area contributed by atoms with Crippen molar-refractivity contribution >= 4 is 33.3 Å². The van der Waals surface area contributed by atoms with E-state index >= 15 is 0 Å². The maximum Gasteiger partial charge on any atom is 0.267 e. The minimum atomic E-state index is 0.0221. The highest BCUT2D eigenvalue weighted by molar-refractivity contribution is 7.98. The van der Waals surface area contributed by atoms with Crippen molar-refractivity contribution in [1.82, 2.24) is 9.55 Å². The van der Waals surface area contributed by atoms with Gasteiger partial charge in [-0.1, -0.05) is 42.1 Å². The zero-order valence-corrected chi connectivity index (χ0v) is 17.2. The van der Waals surface area contributed by atoms with E-state index in [-0.39, 0.29) is 5.56 Å². The quantitative estimate of drug-likeness (QED) is 0.344. The molecule has 2 heterocycles. The number of thioether (sulfide) groups is 1. The Morgan fingerprint density at radius 1 is 1.14 bits per heavy atom. The number of benzene rings is 2. The summed E-state index contributed by atoms with van der Waals surface area (Å²) in [5.41, 5.74) is 3.73. The Hall–Kier alpha value is -2.88. The number of thiophene rings is 1. The lowest BCUT2D eigenvalue weighted by Gasteiger charge is -2.12. The fourth-order valence-electron chi connectivity index (χ4n) is 3.80. The highest BCUT2D eigenvalue weighted by Gasteiger charge is 2.23. The third-order valence-corrected chi connectivity index (χ3v) is 7.34. The van der Waals surface area contributed by atoms with Crippen LogP contribution in [0.15, 0.2) is 64.5 Å². The third kappa shape index (κ3) is 3.27. The average molecular weight is 416 g/mol. The van der Waals surface area contributed by atoms with Gasteiger partial charge in [-0.2, -0.15) is 5.26 Å². The van der Waals surface area contributed by atoms with Crippen molar-refractivity contribution in [2.75, 3.05) is 0 Å². The molecule has 4 aromatic rings. The maximum atomic E-state index is 13.6. The number of aryl methyl sites for hydroxylation is 2. The number of nitrogens with zero attached hydrogens (tertiary/aromatic N) is 3. The van der Waals surface area contributed by atoms with E-state index in [9.17, 15) is 4.79 Å². The first-order chi connectivity index (χ1) is 14.2. The first kappa shape index (κ1) is 18.2. The van der Waals surface area contributed by atoms with Gasteiger partial charge in [0.1, 0.15) is 4.83 Å². The van der Waals surface area contributed by atoms with Gasteiger partial charge in [0, 0.05) is 10.6 Å². The number of hydrogen-bond acceptors (Lipinski definition) is 5. The SMILES string of the molecule is N#Cc1cccc(CSc2nc3sc4c(c3c(=O)n2-c2ccccc2)CCC4)c1. The van der Waals surface area contributed by atoms with E-state index in [1.54, 1.807) is 22.0 Å². The smallest absolute Gasteiger partial charge is 0.267 e. The van der Waals surface area contributed by atoms with E-state index in [1.807, 2.05) is 48.5 Å². The van der Waals surface area contributed by atoms with Gasteiger partial charge in [0.25, 0.3) is 5.56 Å². The van der Waals surface area contributed by atoms with Crippen molar-refractivity contribution in [3.8, 4) is 11.8 Å². The van der Waals surface area contributed by atoms with Crippen LogP contribution in [0.2, 0.25) is 0 Å². The molecule has 0 atom stereocenters. The average Bonchev–Trinajstić information content (AvgIpc) is 3.34. The number of para-hydroxylation sites is 1. The Morgan fingerprint density at radius 3 is 2.83 bits per heavy atom. The molecule has 0 saturated carbocycles. The van der Waals surface area contributed by atoms with Crippen LogP contribution in [0, 0.1) is 11.3 Å². The lowest BCUT2D eigenvalue weighted by molar-refractivity contribution is 0.820. The zero-order chi connectivity index (χ0) is 19.8. The van der Waals surface area contributed by atoms with Crippen molar-refractivity contribution in [3.63, 3.8) is 0 Å². The molecule has 2 aromatic carbocycles. The summed E-state index contributed by atoms with van der Waals surface area (Å²) >= 11 is 3.20. The van der Waals surface area contributed by atoms with Gasteiger partial charge in [-0.15, -0.1) is 11.3 Å². The first-order valence-corrected chi connectivity index (χ1v) is 11.3. The monoisotopic (exact) mass is 415 g/mol. The number of rotatable bonds is 4. The van der Waals surface area contributed by atoms with Gasteiger partial charge in [0.05, 0.1) is 22.7 Å². The number of aromatic nitrogens is 2. The molecule has 0 N–H and O–H groups in total. The highest BCUT2D eigenvalue weighted by Crippen LogP contribution is 2.36. The van der Waals surface area contributed by atoms with Crippen LogP contribution < -0.4 is 5.56 Å². The molecule has 5 rings (SSSR count). The predicted octanol–water partition coefficient (Wildman–Crippen LogP) is 5.10. The molecule has 29 heavy (non-hydrogen) atoms. The normalized spacial score (nSPS) is 12.8. The molecule has 0 amide bonds. The van der Waals surface area contributed by atoms with Crippen molar-refractivity contribution in [2.24, 2.45) is 0 Å². The summed E-state index contributed by atoms with van der Waals surface area (Å²) in [5.74, 6) is 0.644. The number of nitriles is 1. The van der Waals surface area contributed by atoms with Gasteiger partial charge in [0.2, 0.25) is 0 Å². The molecule has 0 spiro atoms. The van der Waals surface area contributed by atoms with Crippen LogP contribution in [0.4, 0.5) is 0 Å². The molecule has 0 bridgehead atoms. The molecule has 0 aliphatic heterocycles. The lowest BCUT2D eigenvalue weighted by atomic mass is 10.2. The van der Waals surface area contributed by atoms with E-state index in [0.29, 0.717) is 16.5 Å². The highest BCUT2D eigenvalue weighted by atomic mass is 32.2. The van der Waals surface area contributed by atoms with Gasteiger partial charge in [-0.25, -0.2) is 4.98 Å². The molecule has 2 aromatic heterocycles. The maximum absolute atomic E-state index is 13.6. The van der Waals surface area contributed by atoms with E-state index in [0.717, 1.165) is 40.7 Å². The molecule has 0 unspecified atom stereocenters. The fourth-order valence-corrected chi connectivity index (χ4v) is 6.06. The predicted molar refractivity (Wildman–Crippen MR) is 118 cm³/mol. The van der Waals surface area contributed by atoms with Crippen LogP contribution in [-0.4, -0.2) is 9.55 Å². The van der Waals surface area contributed by atoms with Gasteiger partial charge in [-0.05, 0) is 54.7 Å². The van der Waals surface area contributed by atoms with Gasteiger partial charge in [0.15, 0.2) is 5.16 Å². The molecule has 1 aliphatic carbocycles. The molecule has 1 aliphatic rings. The Morgan fingerprint density at radius 2 is 2.00 bits per heavy atom. The summed E-state index contributed by atoms with van der Waals surface area (Å²) in [5, 5.41) is 10.6. The molecule has 0 radical (unpaired) electrons. The number of fused-ring (bicyclic) bond motifs is 3. The van der Waals surface area contributed by atoms with E-state index < -0.39 is 0 Å². The van der Waals surface area contributed by atoms with E-state index in [4.69, 9.17) is 10.2 Å². The van der Waals surface area contributed by atoms with Crippen molar-refractivity contribution in [3.05, 3.63) is 86.5 Å². The molecule has 6 heteroatoms. The Balaban J connectivity index is 1.63. The Bertz CT molecular complexity index is 1320. The minimum Gasteiger partial charge on any atom is -0.268 e. The Kier molecular flexibility index (Phi) is 4.70. The summed E-state index contributed by atoms with van der Waals surface area (Å²) in [6.07, 6.45) is 3.13. The van der Waals surface area contributed by atoms with Crippen LogP contribution >= 0.6 is 23.1 Å². The fraction of sp³-hybridized carbons (Fsp3) is 0.174. The first-order valence-electron chi connectivity index (χ1n) is 9.49. The Labute approximate surface area is 176 Å². The second-order valence-corrected chi connectivity index (χ2v) is 9.03. The minimum absolute atomic E-state index is 0.0221. The van der Waals surface area contributed by atoms with Crippen LogP contribution in [0.1, 0.15) is 28.0 Å². The zero-order valence-electron chi connectivity index (χ0n) is 15.6. The van der Waals surface area contributed by atoms with Crippen LogP contribution in [-0.2, 0) is 18.6 Å². The molecule has 142 valence electrons. The molecular formula is C23H17N3OS2. The van der Waals surface area contributed by atoms with Crippen LogP contribution in [0.3, 0.4) is 0 Å². The van der Waals surface area contributed by atoms with Gasteiger partial charge < -0.3 is 0 Å².